The molecule has 0 aromatic heterocycles. The van der Waals surface area contributed by atoms with Gasteiger partial charge in [-0.2, -0.15) is 0 Å². The number of benzene rings is 1. The van der Waals surface area contributed by atoms with Crippen molar-refractivity contribution in [3.8, 4) is 5.75 Å². The van der Waals surface area contributed by atoms with Crippen molar-refractivity contribution < 1.29 is 14.3 Å². The normalized spacial score (nSPS) is 17.1. The molecule has 2 rings (SSSR count). The lowest BCUT2D eigenvalue weighted by Gasteiger charge is -2.24. The fourth-order valence-corrected chi connectivity index (χ4v) is 1.92. The van der Waals surface area contributed by atoms with Crippen molar-refractivity contribution in [2.45, 2.75) is 18.9 Å². The zero-order valence-corrected chi connectivity index (χ0v) is 9.57. The average Bonchev–Trinajstić information content (AvgIpc) is 2.31. The highest BCUT2D eigenvalue weighted by atomic mass is 35.5. The summed E-state index contributed by atoms with van der Waals surface area (Å²) in [5, 5.41) is 0.430. The van der Waals surface area contributed by atoms with Crippen molar-refractivity contribution in [3.63, 3.8) is 0 Å². The number of carbonyl (C=O) groups is 1. The lowest BCUT2D eigenvalue weighted by Crippen LogP contribution is -2.26. The molecule has 0 saturated carbocycles. The SMILES string of the molecule is O=Cc1c(Cl)cccc1OC1CCOCC1. The fraction of sp³-hybridized carbons (Fsp3) is 0.417. The Balaban J connectivity index is 2.13. The minimum absolute atomic E-state index is 0.117. The van der Waals surface area contributed by atoms with Gasteiger partial charge in [-0.1, -0.05) is 17.7 Å². The van der Waals surface area contributed by atoms with Crippen molar-refractivity contribution in [1.29, 1.82) is 0 Å². The van der Waals surface area contributed by atoms with E-state index in [4.69, 9.17) is 21.1 Å². The highest BCUT2D eigenvalue weighted by Gasteiger charge is 2.17. The standard InChI is InChI=1S/C12H13ClO3/c13-11-2-1-3-12(10(11)8-14)16-9-4-6-15-7-5-9/h1-3,8-9H,4-7H2. The predicted octanol–water partition coefficient (Wildman–Crippen LogP) is 2.71. The Kier molecular flexibility index (Phi) is 3.80. The maximum atomic E-state index is 10.9. The molecule has 16 heavy (non-hydrogen) atoms. The topological polar surface area (TPSA) is 35.5 Å². The van der Waals surface area contributed by atoms with Crippen LogP contribution in [0.1, 0.15) is 23.2 Å². The molecule has 0 radical (unpaired) electrons. The van der Waals surface area contributed by atoms with E-state index in [0.717, 1.165) is 19.1 Å². The molecule has 0 atom stereocenters. The van der Waals surface area contributed by atoms with Crippen LogP contribution in [0.5, 0.6) is 5.75 Å². The Hall–Kier alpha value is -1.06. The van der Waals surface area contributed by atoms with Crippen LogP contribution in [0, 0.1) is 0 Å². The first-order valence-corrected chi connectivity index (χ1v) is 5.67. The summed E-state index contributed by atoms with van der Waals surface area (Å²) in [6.07, 6.45) is 2.55. The Morgan fingerprint density at radius 2 is 2.12 bits per heavy atom. The van der Waals surface area contributed by atoms with E-state index >= 15 is 0 Å². The lowest BCUT2D eigenvalue weighted by molar-refractivity contribution is 0.0253. The molecule has 0 amide bonds. The van der Waals surface area contributed by atoms with Gasteiger partial charge in [0, 0.05) is 12.8 Å². The maximum Gasteiger partial charge on any atom is 0.155 e. The molecule has 1 heterocycles. The first kappa shape index (κ1) is 11.4. The van der Waals surface area contributed by atoms with Crippen LogP contribution in [-0.4, -0.2) is 25.6 Å². The first-order chi connectivity index (χ1) is 7.81. The summed E-state index contributed by atoms with van der Waals surface area (Å²) in [7, 11) is 0. The Labute approximate surface area is 99.3 Å². The van der Waals surface area contributed by atoms with E-state index < -0.39 is 0 Å². The minimum atomic E-state index is 0.117. The van der Waals surface area contributed by atoms with Crippen molar-refractivity contribution in [2.24, 2.45) is 0 Å². The molecule has 1 aromatic carbocycles. The zero-order chi connectivity index (χ0) is 11.4. The molecule has 0 aliphatic carbocycles. The second-order valence-corrected chi connectivity index (χ2v) is 4.11. The minimum Gasteiger partial charge on any atom is -0.489 e. The molecule has 86 valence electrons. The Morgan fingerprint density at radius 1 is 1.38 bits per heavy atom. The molecule has 0 bridgehead atoms. The highest BCUT2D eigenvalue weighted by Crippen LogP contribution is 2.26. The van der Waals surface area contributed by atoms with Crippen LogP contribution in [0.4, 0.5) is 0 Å². The van der Waals surface area contributed by atoms with Crippen LogP contribution in [0.25, 0.3) is 0 Å². The van der Waals surface area contributed by atoms with Crippen LogP contribution in [0.3, 0.4) is 0 Å². The van der Waals surface area contributed by atoms with E-state index in [2.05, 4.69) is 0 Å². The molecule has 3 nitrogen and oxygen atoms in total. The third-order valence-electron chi connectivity index (χ3n) is 2.59. The van der Waals surface area contributed by atoms with Gasteiger partial charge in [0.15, 0.2) is 6.29 Å². The van der Waals surface area contributed by atoms with Gasteiger partial charge in [0.05, 0.1) is 23.8 Å². The van der Waals surface area contributed by atoms with Crippen LogP contribution in [-0.2, 0) is 4.74 Å². The summed E-state index contributed by atoms with van der Waals surface area (Å²) in [4.78, 5) is 10.9. The maximum absolute atomic E-state index is 10.9. The quantitative estimate of drug-likeness (QED) is 0.762. The highest BCUT2D eigenvalue weighted by molar-refractivity contribution is 6.33. The molecular formula is C12H13ClO3. The largest absolute Gasteiger partial charge is 0.489 e. The van der Waals surface area contributed by atoms with Gasteiger partial charge in [0.25, 0.3) is 0 Å². The average molecular weight is 241 g/mol. The molecule has 1 saturated heterocycles. The summed E-state index contributed by atoms with van der Waals surface area (Å²) < 4.78 is 11.0. The van der Waals surface area contributed by atoms with E-state index in [1.165, 1.54) is 0 Å². The van der Waals surface area contributed by atoms with Crippen LogP contribution < -0.4 is 4.74 Å². The van der Waals surface area contributed by atoms with Gasteiger partial charge in [0.2, 0.25) is 0 Å². The van der Waals surface area contributed by atoms with Crippen molar-refractivity contribution in [2.75, 3.05) is 13.2 Å². The number of halogens is 1. The summed E-state index contributed by atoms with van der Waals surface area (Å²) in [5.74, 6) is 0.564. The summed E-state index contributed by atoms with van der Waals surface area (Å²) in [6.45, 7) is 1.42. The van der Waals surface area contributed by atoms with E-state index in [-0.39, 0.29) is 6.10 Å². The van der Waals surface area contributed by atoms with Gasteiger partial charge < -0.3 is 9.47 Å². The molecule has 0 unspecified atom stereocenters. The number of hydrogen-bond donors (Lipinski definition) is 0. The number of aldehydes is 1. The molecular weight excluding hydrogens is 228 g/mol. The van der Waals surface area contributed by atoms with Crippen LogP contribution >= 0.6 is 11.6 Å². The Bertz CT molecular complexity index is 373. The van der Waals surface area contributed by atoms with Gasteiger partial charge in [-0.3, -0.25) is 4.79 Å². The lowest BCUT2D eigenvalue weighted by atomic mass is 10.1. The molecule has 4 heteroatoms. The van der Waals surface area contributed by atoms with E-state index in [1.807, 2.05) is 0 Å². The number of ether oxygens (including phenoxy) is 2. The predicted molar refractivity (Wildman–Crippen MR) is 61.3 cm³/mol. The second kappa shape index (κ2) is 5.32. The Morgan fingerprint density at radius 3 is 2.81 bits per heavy atom. The van der Waals surface area contributed by atoms with Crippen molar-refractivity contribution in [1.82, 2.24) is 0 Å². The first-order valence-electron chi connectivity index (χ1n) is 5.29. The van der Waals surface area contributed by atoms with Gasteiger partial charge in [-0.25, -0.2) is 0 Å². The number of carbonyl (C=O) groups excluding carboxylic acids is 1. The number of rotatable bonds is 3. The zero-order valence-electron chi connectivity index (χ0n) is 8.82. The fourth-order valence-electron chi connectivity index (χ4n) is 1.71. The van der Waals surface area contributed by atoms with E-state index in [9.17, 15) is 4.79 Å². The van der Waals surface area contributed by atoms with E-state index in [0.29, 0.717) is 29.5 Å². The van der Waals surface area contributed by atoms with Crippen LogP contribution in [0.15, 0.2) is 18.2 Å². The van der Waals surface area contributed by atoms with Gasteiger partial charge in [-0.15, -0.1) is 0 Å². The molecule has 0 spiro atoms. The van der Waals surface area contributed by atoms with Crippen molar-refractivity contribution >= 4 is 17.9 Å². The van der Waals surface area contributed by atoms with Gasteiger partial charge in [-0.05, 0) is 12.1 Å². The number of hydrogen-bond acceptors (Lipinski definition) is 3. The summed E-state index contributed by atoms with van der Waals surface area (Å²) in [5.41, 5.74) is 0.427. The summed E-state index contributed by atoms with van der Waals surface area (Å²) >= 11 is 5.91. The molecule has 1 fully saturated rings. The van der Waals surface area contributed by atoms with Crippen molar-refractivity contribution in [3.05, 3.63) is 28.8 Å². The van der Waals surface area contributed by atoms with Gasteiger partial charge >= 0.3 is 0 Å². The second-order valence-electron chi connectivity index (χ2n) is 3.70. The molecule has 0 N–H and O–H groups in total. The van der Waals surface area contributed by atoms with Gasteiger partial charge in [0.1, 0.15) is 11.9 Å². The molecule has 1 aromatic rings. The third-order valence-corrected chi connectivity index (χ3v) is 2.92. The molecule has 1 aliphatic heterocycles. The van der Waals surface area contributed by atoms with E-state index in [1.54, 1.807) is 18.2 Å². The third kappa shape index (κ3) is 2.54. The smallest absolute Gasteiger partial charge is 0.155 e. The van der Waals surface area contributed by atoms with Crippen LogP contribution in [0.2, 0.25) is 5.02 Å². The molecule has 1 aliphatic rings. The summed E-state index contributed by atoms with van der Waals surface area (Å²) in [6, 6.07) is 5.23. The monoisotopic (exact) mass is 240 g/mol.